The van der Waals surface area contributed by atoms with Gasteiger partial charge < -0.3 is 4.90 Å². The first-order valence-electron chi connectivity index (χ1n) is 9.07. The highest BCUT2D eigenvalue weighted by molar-refractivity contribution is 7.90. The Morgan fingerprint density at radius 1 is 0.806 bits per heavy atom. The maximum absolute atomic E-state index is 12.7. The molecule has 1 saturated heterocycles. The molecular weight excluding hydrogens is 457 g/mol. The van der Waals surface area contributed by atoms with E-state index in [1.165, 1.54) is 29.2 Å². The number of rotatable bonds is 4. The zero-order valence-corrected chi connectivity index (χ0v) is 18.0. The summed E-state index contributed by atoms with van der Waals surface area (Å²) in [6.07, 6.45) is -3.51. The van der Waals surface area contributed by atoms with Crippen LogP contribution in [0, 0.1) is 0 Å². The number of sulfone groups is 1. The molecule has 1 aliphatic heterocycles. The van der Waals surface area contributed by atoms with Crippen LogP contribution in [0.4, 0.5) is 13.2 Å². The summed E-state index contributed by atoms with van der Waals surface area (Å²) in [5, 5.41) is 0. The standard InChI is InChI=1S/C19H19F3N2O5S2/c1-30(26,27)16-6-2-14(3-7-16)18(25)23-10-12-24(13-11-23)31(28,29)17-8-4-15(5-9-17)19(20,21)22/h2-9H,10-13H2,1H3. The summed E-state index contributed by atoms with van der Waals surface area (Å²) in [6, 6.07) is 8.70. The van der Waals surface area contributed by atoms with Crippen LogP contribution in [-0.4, -0.2) is 64.4 Å². The second-order valence-electron chi connectivity index (χ2n) is 7.01. The molecule has 2 aromatic rings. The van der Waals surface area contributed by atoms with E-state index in [4.69, 9.17) is 0 Å². The van der Waals surface area contributed by atoms with Crippen molar-refractivity contribution >= 4 is 25.8 Å². The number of carbonyl (C=O) groups excluding carboxylic acids is 1. The van der Waals surface area contributed by atoms with Gasteiger partial charge in [-0.25, -0.2) is 16.8 Å². The summed E-state index contributed by atoms with van der Waals surface area (Å²) >= 11 is 0. The van der Waals surface area contributed by atoms with E-state index in [-0.39, 0.29) is 47.4 Å². The molecule has 168 valence electrons. The van der Waals surface area contributed by atoms with Gasteiger partial charge >= 0.3 is 6.18 Å². The van der Waals surface area contributed by atoms with Crippen molar-refractivity contribution < 1.29 is 34.8 Å². The van der Waals surface area contributed by atoms with Crippen LogP contribution in [0.3, 0.4) is 0 Å². The Hall–Kier alpha value is -2.44. The number of piperazine rings is 1. The third-order valence-corrected chi connectivity index (χ3v) is 7.92. The number of benzene rings is 2. The minimum absolute atomic E-state index is 0.0173. The minimum Gasteiger partial charge on any atom is -0.336 e. The number of halogens is 3. The second kappa shape index (κ2) is 8.24. The molecule has 0 bridgehead atoms. The van der Waals surface area contributed by atoms with Crippen molar-refractivity contribution in [2.45, 2.75) is 16.0 Å². The van der Waals surface area contributed by atoms with Gasteiger partial charge in [-0.3, -0.25) is 4.79 Å². The molecule has 0 spiro atoms. The Morgan fingerprint density at radius 2 is 1.29 bits per heavy atom. The Morgan fingerprint density at radius 3 is 1.74 bits per heavy atom. The van der Waals surface area contributed by atoms with Gasteiger partial charge in [-0.1, -0.05) is 0 Å². The highest BCUT2D eigenvalue weighted by atomic mass is 32.2. The average molecular weight is 476 g/mol. The molecule has 7 nitrogen and oxygen atoms in total. The molecule has 0 unspecified atom stereocenters. The lowest BCUT2D eigenvalue weighted by molar-refractivity contribution is -0.137. The van der Waals surface area contributed by atoms with Crippen molar-refractivity contribution in [1.82, 2.24) is 9.21 Å². The molecule has 1 fully saturated rings. The van der Waals surface area contributed by atoms with Crippen molar-refractivity contribution in [3.05, 3.63) is 59.7 Å². The van der Waals surface area contributed by atoms with Gasteiger partial charge in [0.1, 0.15) is 0 Å². The van der Waals surface area contributed by atoms with Crippen molar-refractivity contribution in [1.29, 1.82) is 0 Å². The van der Waals surface area contributed by atoms with Gasteiger partial charge in [0, 0.05) is 38.0 Å². The zero-order chi connectivity index (χ0) is 23.0. The maximum atomic E-state index is 12.7. The minimum atomic E-state index is -4.56. The lowest BCUT2D eigenvalue weighted by atomic mass is 10.2. The largest absolute Gasteiger partial charge is 0.416 e. The van der Waals surface area contributed by atoms with Crippen LogP contribution >= 0.6 is 0 Å². The predicted molar refractivity (Wildman–Crippen MR) is 106 cm³/mol. The van der Waals surface area contributed by atoms with Crippen molar-refractivity contribution in [3.63, 3.8) is 0 Å². The number of hydrogen-bond donors (Lipinski definition) is 0. The third-order valence-electron chi connectivity index (χ3n) is 4.87. The summed E-state index contributed by atoms with van der Waals surface area (Å²) in [7, 11) is -7.39. The molecule has 1 heterocycles. The van der Waals surface area contributed by atoms with E-state index in [0.717, 1.165) is 22.7 Å². The SMILES string of the molecule is CS(=O)(=O)c1ccc(C(=O)N2CCN(S(=O)(=O)c3ccc(C(F)(F)F)cc3)CC2)cc1. The Labute approximate surface area is 178 Å². The quantitative estimate of drug-likeness (QED) is 0.675. The van der Waals surface area contributed by atoms with Crippen molar-refractivity contribution in [2.24, 2.45) is 0 Å². The molecule has 3 rings (SSSR count). The number of sulfonamides is 1. The summed E-state index contributed by atoms with van der Waals surface area (Å²) in [4.78, 5) is 13.9. The fourth-order valence-corrected chi connectivity index (χ4v) is 5.18. The molecule has 0 radical (unpaired) electrons. The van der Waals surface area contributed by atoms with E-state index >= 15 is 0 Å². The summed E-state index contributed by atoms with van der Waals surface area (Å²) in [5.41, 5.74) is -0.671. The van der Waals surface area contributed by atoms with Gasteiger partial charge in [0.25, 0.3) is 5.91 Å². The van der Waals surface area contributed by atoms with Gasteiger partial charge in [0.05, 0.1) is 15.4 Å². The molecule has 12 heteroatoms. The van der Waals surface area contributed by atoms with Crippen LogP contribution in [0.15, 0.2) is 58.3 Å². The molecule has 0 atom stereocenters. The fraction of sp³-hybridized carbons (Fsp3) is 0.316. The van der Waals surface area contributed by atoms with Gasteiger partial charge in [-0.05, 0) is 48.5 Å². The molecular formula is C19H19F3N2O5S2. The maximum Gasteiger partial charge on any atom is 0.416 e. The van der Waals surface area contributed by atoms with E-state index in [0.29, 0.717) is 12.1 Å². The molecule has 2 aromatic carbocycles. The molecule has 0 aromatic heterocycles. The monoisotopic (exact) mass is 476 g/mol. The van der Waals surface area contributed by atoms with Gasteiger partial charge in [0.2, 0.25) is 10.0 Å². The van der Waals surface area contributed by atoms with Crippen LogP contribution < -0.4 is 0 Å². The van der Waals surface area contributed by atoms with Gasteiger partial charge in [0.15, 0.2) is 9.84 Å². The molecule has 0 N–H and O–H groups in total. The molecule has 31 heavy (non-hydrogen) atoms. The molecule has 0 saturated carbocycles. The Kier molecular flexibility index (Phi) is 6.18. The normalized spacial score (nSPS) is 16.3. The average Bonchev–Trinajstić information content (AvgIpc) is 2.72. The number of carbonyl (C=O) groups is 1. The van der Waals surface area contributed by atoms with Crippen LogP contribution in [0.2, 0.25) is 0 Å². The van der Waals surface area contributed by atoms with Crippen molar-refractivity contribution in [2.75, 3.05) is 32.4 Å². The smallest absolute Gasteiger partial charge is 0.336 e. The number of nitrogens with zero attached hydrogens (tertiary/aromatic N) is 2. The molecule has 1 aliphatic rings. The summed E-state index contributed by atoms with van der Waals surface area (Å²) < 4.78 is 87.6. The highest BCUT2D eigenvalue weighted by Gasteiger charge is 2.33. The first-order chi connectivity index (χ1) is 14.3. The lowest BCUT2D eigenvalue weighted by Crippen LogP contribution is -2.50. The van der Waals surface area contributed by atoms with Gasteiger partial charge in [-0.2, -0.15) is 17.5 Å². The Balaban J connectivity index is 1.67. The molecule has 0 aliphatic carbocycles. The number of hydrogen-bond acceptors (Lipinski definition) is 5. The van der Waals surface area contributed by atoms with Crippen LogP contribution in [0.25, 0.3) is 0 Å². The third kappa shape index (κ3) is 5.08. The van der Waals surface area contributed by atoms with E-state index < -0.39 is 31.6 Å². The Bertz CT molecular complexity index is 1170. The number of amides is 1. The summed E-state index contributed by atoms with van der Waals surface area (Å²) in [6.45, 7) is 0.145. The topological polar surface area (TPSA) is 91.8 Å². The lowest BCUT2D eigenvalue weighted by Gasteiger charge is -2.34. The van der Waals surface area contributed by atoms with Crippen LogP contribution in [0.5, 0.6) is 0 Å². The van der Waals surface area contributed by atoms with Crippen LogP contribution in [-0.2, 0) is 26.0 Å². The second-order valence-corrected chi connectivity index (χ2v) is 11.0. The first kappa shape index (κ1) is 23.2. The predicted octanol–water partition coefficient (Wildman–Crippen LogP) is 2.26. The van der Waals surface area contributed by atoms with Crippen LogP contribution in [0.1, 0.15) is 15.9 Å². The van der Waals surface area contributed by atoms with E-state index in [1.54, 1.807) is 0 Å². The van der Waals surface area contributed by atoms with E-state index in [1.807, 2.05) is 0 Å². The summed E-state index contributed by atoms with van der Waals surface area (Å²) in [5.74, 6) is -0.369. The molecule has 1 amide bonds. The van der Waals surface area contributed by atoms with E-state index in [9.17, 15) is 34.8 Å². The first-order valence-corrected chi connectivity index (χ1v) is 12.4. The van der Waals surface area contributed by atoms with Gasteiger partial charge in [-0.15, -0.1) is 0 Å². The highest BCUT2D eigenvalue weighted by Crippen LogP contribution is 2.30. The number of alkyl halides is 3. The van der Waals surface area contributed by atoms with E-state index in [2.05, 4.69) is 0 Å². The van der Waals surface area contributed by atoms with Crippen molar-refractivity contribution in [3.8, 4) is 0 Å². The fourth-order valence-electron chi connectivity index (χ4n) is 3.12. The zero-order valence-electron chi connectivity index (χ0n) is 16.3.